The lowest BCUT2D eigenvalue weighted by Gasteiger charge is -2.21. The summed E-state index contributed by atoms with van der Waals surface area (Å²) in [6, 6.07) is 14.7. The van der Waals surface area contributed by atoms with Crippen LogP contribution in [0, 0.1) is 16.0 Å². The Balaban J connectivity index is 0.000000640. The van der Waals surface area contributed by atoms with Gasteiger partial charge in [-0.15, -0.1) is 0 Å². The second-order valence-corrected chi connectivity index (χ2v) is 6.57. The van der Waals surface area contributed by atoms with Crippen LogP contribution in [0.2, 0.25) is 0 Å². The molecule has 0 aliphatic rings. The van der Waals surface area contributed by atoms with Crippen LogP contribution in [0.1, 0.15) is 32.4 Å². The van der Waals surface area contributed by atoms with E-state index in [0.29, 0.717) is 5.56 Å². The third kappa shape index (κ3) is 5.23. The summed E-state index contributed by atoms with van der Waals surface area (Å²) in [7, 11) is 0. The monoisotopic (exact) mass is 381 g/mol. The largest absolute Gasteiger partial charge is 0.370 e. The number of nitro benzene ring substituents is 1. The van der Waals surface area contributed by atoms with Crippen molar-refractivity contribution >= 4 is 11.6 Å². The number of hydrogen-bond acceptors (Lipinski definition) is 5. The van der Waals surface area contributed by atoms with Crippen LogP contribution in [0.25, 0.3) is 11.1 Å². The van der Waals surface area contributed by atoms with Crippen molar-refractivity contribution in [3.05, 3.63) is 76.9 Å². The lowest BCUT2D eigenvalue weighted by atomic mass is 9.93. The van der Waals surface area contributed by atoms with Crippen molar-refractivity contribution in [3.63, 3.8) is 0 Å². The molecule has 1 heterocycles. The molecule has 3 rings (SSSR count). The summed E-state index contributed by atoms with van der Waals surface area (Å²) in [4.78, 5) is 24.5. The molecule has 0 bridgehead atoms. The summed E-state index contributed by atoms with van der Waals surface area (Å²) < 4.78 is 1.74. The number of rotatable bonds is 5. The molecule has 0 fully saturated rings. The number of amides is 1. The van der Waals surface area contributed by atoms with Crippen LogP contribution in [-0.2, 0) is 4.79 Å². The topological polar surface area (TPSA) is 117 Å². The van der Waals surface area contributed by atoms with Gasteiger partial charge in [0.05, 0.1) is 16.5 Å². The van der Waals surface area contributed by atoms with Crippen molar-refractivity contribution in [1.29, 1.82) is 0 Å². The maximum absolute atomic E-state index is 11.6. The van der Waals surface area contributed by atoms with Crippen LogP contribution < -0.4 is 5.73 Å². The minimum absolute atomic E-state index is 0.101. The van der Waals surface area contributed by atoms with Crippen molar-refractivity contribution in [2.45, 2.75) is 26.8 Å². The molecule has 0 radical (unpaired) electrons. The van der Waals surface area contributed by atoms with Gasteiger partial charge in [0, 0.05) is 13.0 Å². The average Bonchev–Trinajstić information content (AvgIpc) is 3.16. The predicted octanol–water partition coefficient (Wildman–Crippen LogP) is 3.59. The fourth-order valence-electron chi connectivity index (χ4n) is 2.95. The van der Waals surface area contributed by atoms with Gasteiger partial charge in [-0.05, 0) is 23.1 Å². The maximum atomic E-state index is 11.6. The van der Waals surface area contributed by atoms with Crippen molar-refractivity contribution in [2.24, 2.45) is 11.7 Å². The molecule has 8 heteroatoms. The zero-order valence-electron chi connectivity index (χ0n) is 16.0. The summed E-state index contributed by atoms with van der Waals surface area (Å²) in [6.07, 6.45) is 3.11. The maximum Gasteiger partial charge on any atom is 0.277 e. The van der Waals surface area contributed by atoms with Crippen LogP contribution in [-0.4, -0.2) is 25.6 Å². The summed E-state index contributed by atoms with van der Waals surface area (Å²) >= 11 is 0. The van der Waals surface area contributed by atoms with Crippen LogP contribution in [0.3, 0.4) is 0 Å². The molecule has 0 aliphatic carbocycles. The van der Waals surface area contributed by atoms with E-state index in [1.165, 1.54) is 13.3 Å². The van der Waals surface area contributed by atoms with Crippen molar-refractivity contribution in [3.8, 4) is 11.1 Å². The highest BCUT2D eigenvalue weighted by atomic mass is 16.6. The van der Waals surface area contributed by atoms with Gasteiger partial charge in [0.15, 0.2) is 0 Å². The van der Waals surface area contributed by atoms with Crippen molar-refractivity contribution in [1.82, 2.24) is 14.8 Å². The Morgan fingerprint density at radius 2 is 1.82 bits per heavy atom. The third-order valence-corrected chi connectivity index (χ3v) is 4.00. The number of benzene rings is 2. The fraction of sp³-hybridized carbons (Fsp3) is 0.250. The Labute approximate surface area is 163 Å². The van der Waals surface area contributed by atoms with Crippen molar-refractivity contribution < 1.29 is 9.72 Å². The van der Waals surface area contributed by atoms with Gasteiger partial charge >= 0.3 is 0 Å². The van der Waals surface area contributed by atoms with Crippen LogP contribution in [0.5, 0.6) is 0 Å². The number of aromatic nitrogens is 3. The lowest BCUT2D eigenvalue weighted by Crippen LogP contribution is -2.17. The first-order valence-electron chi connectivity index (χ1n) is 8.75. The molecule has 146 valence electrons. The van der Waals surface area contributed by atoms with E-state index >= 15 is 0 Å². The van der Waals surface area contributed by atoms with Crippen LogP contribution >= 0.6 is 0 Å². The van der Waals surface area contributed by atoms with Gasteiger partial charge in [-0.2, -0.15) is 5.10 Å². The number of carbonyl (C=O) groups is 1. The van der Waals surface area contributed by atoms with E-state index in [9.17, 15) is 14.9 Å². The molecule has 28 heavy (non-hydrogen) atoms. The molecule has 2 aromatic carbocycles. The summed E-state index contributed by atoms with van der Waals surface area (Å²) in [5.74, 6) is -0.117. The number of carbonyl (C=O) groups excluding carboxylic acids is 1. The summed E-state index contributed by atoms with van der Waals surface area (Å²) in [6.45, 7) is 5.42. The highest BCUT2D eigenvalue weighted by molar-refractivity contribution is 5.74. The number of hydrogen-bond donors (Lipinski definition) is 1. The van der Waals surface area contributed by atoms with Gasteiger partial charge in [0.1, 0.15) is 12.7 Å². The Morgan fingerprint density at radius 1 is 1.18 bits per heavy atom. The predicted molar refractivity (Wildman–Crippen MR) is 106 cm³/mol. The minimum Gasteiger partial charge on any atom is -0.370 e. The fourth-order valence-corrected chi connectivity index (χ4v) is 2.95. The Hall–Kier alpha value is -3.55. The average molecular weight is 381 g/mol. The molecule has 2 N–H and O–H groups in total. The quantitative estimate of drug-likeness (QED) is 0.535. The van der Waals surface area contributed by atoms with E-state index in [0.717, 1.165) is 11.1 Å². The number of nitrogens with zero attached hydrogens (tertiary/aromatic N) is 4. The molecule has 1 aromatic heterocycles. The minimum atomic E-state index is -0.333. The molecule has 0 saturated heterocycles. The van der Waals surface area contributed by atoms with Gasteiger partial charge < -0.3 is 5.73 Å². The lowest BCUT2D eigenvalue weighted by molar-refractivity contribution is -0.384. The first-order valence-corrected chi connectivity index (χ1v) is 8.75. The molecule has 0 aliphatic heterocycles. The van der Waals surface area contributed by atoms with Gasteiger partial charge in [-0.25, -0.2) is 9.67 Å². The molecular formula is C20H23N5O3. The molecule has 3 aromatic rings. The zero-order chi connectivity index (χ0) is 20.7. The van der Waals surface area contributed by atoms with E-state index in [1.54, 1.807) is 17.1 Å². The first kappa shape index (κ1) is 20.8. The number of nitro groups is 1. The van der Waals surface area contributed by atoms with Gasteiger partial charge in [0.25, 0.3) is 5.69 Å². The van der Waals surface area contributed by atoms with E-state index in [1.807, 2.05) is 42.5 Å². The molecule has 1 atom stereocenters. The molecular weight excluding hydrogens is 358 g/mol. The van der Waals surface area contributed by atoms with Crippen LogP contribution in [0.15, 0.2) is 61.2 Å². The molecule has 8 nitrogen and oxygen atoms in total. The standard InChI is InChI=1S/C18H18N4O2.C2H5NO/c1-13(2)18(21-12-19-11-20-21)15-8-9-16(17(10-15)22(23)24)14-6-4-3-5-7-14;1-2(3)4/h3-13,18H,1-2H3;1H3,(H2,3,4). The van der Waals surface area contributed by atoms with Gasteiger partial charge in [-0.3, -0.25) is 14.9 Å². The Bertz CT molecular complexity index is 920. The molecule has 0 saturated carbocycles. The number of primary amides is 1. The third-order valence-electron chi connectivity index (χ3n) is 4.00. The van der Waals surface area contributed by atoms with Gasteiger partial charge in [-0.1, -0.05) is 50.2 Å². The van der Waals surface area contributed by atoms with E-state index in [4.69, 9.17) is 0 Å². The first-order chi connectivity index (χ1) is 13.3. The van der Waals surface area contributed by atoms with E-state index in [2.05, 4.69) is 29.7 Å². The smallest absolute Gasteiger partial charge is 0.277 e. The number of nitrogens with two attached hydrogens (primary N) is 1. The summed E-state index contributed by atoms with van der Waals surface area (Å²) in [5.41, 5.74) is 6.87. The second kappa shape index (κ2) is 9.40. The highest BCUT2D eigenvalue weighted by Gasteiger charge is 2.23. The van der Waals surface area contributed by atoms with Crippen LogP contribution in [0.4, 0.5) is 5.69 Å². The Kier molecular flexibility index (Phi) is 6.97. The van der Waals surface area contributed by atoms with E-state index in [-0.39, 0.29) is 28.5 Å². The zero-order valence-corrected chi connectivity index (χ0v) is 16.0. The molecule has 1 unspecified atom stereocenters. The Morgan fingerprint density at radius 3 is 2.32 bits per heavy atom. The highest BCUT2D eigenvalue weighted by Crippen LogP contribution is 2.34. The van der Waals surface area contributed by atoms with Gasteiger partial charge in [0.2, 0.25) is 5.91 Å². The molecule has 1 amide bonds. The van der Waals surface area contributed by atoms with Crippen molar-refractivity contribution in [2.75, 3.05) is 0 Å². The second-order valence-electron chi connectivity index (χ2n) is 6.57. The SMILES string of the molecule is CC(C)C(c1ccc(-c2ccccc2)c([N+](=O)[O-])c1)n1cncn1.CC(N)=O. The normalized spacial score (nSPS) is 11.4. The summed E-state index contributed by atoms with van der Waals surface area (Å²) in [5, 5.41) is 15.8. The molecule has 0 spiro atoms. The van der Waals surface area contributed by atoms with E-state index < -0.39 is 0 Å².